The van der Waals surface area contributed by atoms with Crippen LogP contribution in [0.15, 0.2) is 30.3 Å². The van der Waals surface area contributed by atoms with Gasteiger partial charge in [0.1, 0.15) is 0 Å². The predicted molar refractivity (Wildman–Crippen MR) is 85.1 cm³/mol. The summed E-state index contributed by atoms with van der Waals surface area (Å²) in [6.07, 6.45) is 1.04. The molecule has 2 aromatic rings. The second kappa shape index (κ2) is 6.52. The summed E-state index contributed by atoms with van der Waals surface area (Å²) in [5.41, 5.74) is 3.10. The van der Waals surface area contributed by atoms with Crippen molar-refractivity contribution in [2.75, 3.05) is 0 Å². The third kappa shape index (κ3) is 3.57. The van der Waals surface area contributed by atoms with Gasteiger partial charge in [0.05, 0.1) is 17.5 Å². The summed E-state index contributed by atoms with van der Waals surface area (Å²) in [5, 5.41) is 14.9. The molecular formula is C15H19IN2O. The Labute approximate surface area is 127 Å². The number of hydrogen-bond donors (Lipinski definition) is 1. The number of halogens is 1. The summed E-state index contributed by atoms with van der Waals surface area (Å²) in [6, 6.07) is 10.3. The molecule has 4 heteroatoms. The third-order valence-electron chi connectivity index (χ3n) is 3.21. The Kier molecular flexibility index (Phi) is 4.99. The van der Waals surface area contributed by atoms with E-state index in [0.29, 0.717) is 6.42 Å². The third-order valence-corrected chi connectivity index (χ3v) is 3.93. The molecule has 0 saturated carbocycles. The van der Waals surface area contributed by atoms with Crippen LogP contribution in [0.4, 0.5) is 0 Å². The summed E-state index contributed by atoms with van der Waals surface area (Å²) in [5.74, 6) is 0. The monoisotopic (exact) mass is 370 g/mol. The highest BCUT2D eigenvalue weighted by molar-refractivity contribution is 14.1. The van der Waals surface area contributed by atoms with Gasteiger partial charge in [-0.1, -0.05) is 19.1 Å². The normalized spacial score (nSPS) is 12.6. The second-order valence-electron chi connectivity index (χ2n) is 4.58. The molecule has 1 aromatic carbocycles. The molecule has 1 unspecified atom stereocenters. The van der Waals surface area contributed by atoms with E-state index in [2.05, 4.69) is 58.9 Å². The molecule has 0 saturated heterocycles. The van der Waals surface area contributed by atoms with Crippen LogP contribution in [-0.4, -0.2) is 14.9 Å². The molecule has 2 rings (SSSR count). The fourth-order valence-corrected chi connectivity index (χ4v) is 2.49. The number of nitrogens with zero attached hydrogens (tertiary/aromatic N) is 2. The summed E-state index contributed by atoms with van der Waals surface area (Å²) >= 11 is 2.28. The first-order valence-electron chi connectivity index (χ1n) is 6.63. The Bertz CT molecular complexity index is 534. The van der Waals surface area contributed by atoms with Crippen LogP contribution in [-0.2, 0) is 19.4 Å². The quantitative estimate of drug-likeness (QED) is 0.820. The van der Waals surface area contributed by atoms with E-state index < -0.39 is 6.10 Å². The van der Waals surface area contributed by atoms with E-state index in [1.807, 2.05) is 17.7 Å². The number of aromatic nitrogens is 2. The van der Waals surface area contributed by atoms with Crippen molar-refractivity contribution in [3.8, 4) is 0 Å². The minimum Gasteiger partial charge on any atom is -0.386 e. The van der Waals surface area contributed by atoms with Crippen molar-refractivity contribution < 1.29 is 5.11 Å². The van der Waals surface area contributed by atoms with Gasteiger partial charge in [-0.25, -0.2) is 0 Å². The number of rotatable bonds is 5. The lowest BCUT2D eigenvalue weighted by Gasteiger charge is -2.12. The minimum absolute atomic E-state index is 0.493. The summed E-state index contributed by atoms with van der Waals surface area (Å²) in [7, 11) is 0. The van der Waals surface area contributed by atoms with Gasteiger partial charge in [-0.2, -0.15) is 5.10 Å². The van der Waals surface area contributed by atoms with E-state index in [4.69, 9.17) is 0 Å². The van der Waals surface area contributed by atoms with Gasteiger partial charge in [0.25, 0.3) is 0 Å². The average molecular weight is 370 g/mol. The maximum absolute atomic E-state index is 10.4. The number of hydrogen-bond acceptors (Lipinski definition) is 2. The maximum Gasteiger partial charge on any atom is 0.0996 e. The SMILES string of the molecule is CCc1cc(C(O)Cc2ccc(I)cc2)n(CC)n1. The van der Waals surface area contributed by atoms with Crippen LogP contribution in [0, 0.1) is 3.57 Å². The van der Waals surface area contributed by atoms with Crippen molar-refractivity contribution in [1.29, 1.82) is 0 Å². The van der Waals surface area contributed by atoms with E-state index in [9.17, 15) is 5.11 Å². The average Bonchev–Trinajstić information content (AvgIpc) is 2.85. The van der Waals surface area contributed by atoms with Crippen LogP contribution in [0.25, 0.3) is 0 Å². The van der Waals surface area contributed by atoms with Gasteiger partial charge in [0.15, 0.2) is 0 Å². The highest BCUT2D eigenvalue weighted by Gasteiger charge is 2.15. The van der Waals surface area contributed by atoms with Crippen LogP contribution in [0.2, 0.25) is 0 Å². The second-order valence-corrected chi connectivity index (χ2v) is 5.82. The molecule has 0 aliphatic heterocycles. The molecule has 0 aliphatic carbocycles. The van der Waals surface area contributed by atoms with E-state index in [1.165, 1.54) is 3.57 Å². The fraction of sp³-hybridized carbons (Fsp3) is 0.400. The Morgan fingerprint density at radius 3 is 2.53 bits per heavy atom. The van der Waals surface area contributed by atoms with Gasteiger partial charge in [-0.15, -0.1) is 0 Å². The number of aliphatic hydroxyl groups is 1. The van der Waals surface area contributed by atoms with Gasteiger partial charge >= 0.3 is 0 Å². The molecule has 0 aliphatic rings. The first-order valence-corrected chi connectivity index (χ1v) is 7.71. The predicted octanol–water partition coefficient (Wildman–Crippen LogP) is 3.35. The molecular weight excluding hydrogens is 351 g/mol. The van der Waals surface area contributed by atoms with Crippen molar-refractivity contribution >= 4 is 22.6 Å². The van der Waals surface area contributed by atoms with Crippen LogP contribution < -0.4 is 0 Å². The Balaban J connectivity index is 2.16. The Morgan fingerprint density at radius 2 is 1.95 bits per heavy atom. The van der Waals surface area contributed by atoms with Crippen LogP contribution >= 0.6 is 22.6 Å². The first-order chi connectivity index (χ1) is 9.13. The zero-order valence-corrected chi connectivity index (χ0v) is 13.5. The topological polar surface area (TPSA) is 38.0 Å². The zero-order valence-electron chi connectivity index (χ0n) is 11.3. The standard InChI is InChI=1S/C15H19IN2O/c1-3-13-10-14(18(4-2)17-13)15(19)9-11-5-7-12(16)8-6-11/h5-8,10,15,19H,3-4,9H2,1-2H3. The van der Waals surface area contributed by atoms with Crippen LogP contribution in [0.5, 0.6) is 0 Å². The molecule has 0 spiro atoms. The summed E-state index contributed by atoms with van der Waals surface area (Å²) in [4.78, 5) is 0. The summed E-state index contributed by atoms with van der Waals surface area (Å²) < 4.78 is 3.11. The fourth-order valence-electron chi connectivity index (χ4n) is 2.13. The van der Waals surface area contributed by atoms with Crippen molar-refractivity contribution in [1.82, 2.24) is 9.78 Å². The van der Waals surface area contributed by atoms with Crippen LogP contribution in [0.3, 0.4) is 0 Å². The molecule has 0 amide bonds. The molecule has 102 valence electrons. The van der Waals surface area contributed by atoms with Gasteiger partial charge in [-0.3, -0.25) is 4.68 Å². The largest absolute Gasteiger partial charge is 0.386 e. The molecule has 1 aromatic heterocycles. The number of aliphatic hydroxyl groups excluding tert-OH is 1. The van der Waals surface area contributed by atoms with Gasteiger partial charge in [0.2, 0.25) is 0 Å². The molecule has 1 atom stereocenters. The molecule has 0 bridgehead atoms. The minimum atomic E-state index is -0.493. The lowest BCUT2D eigenvalue weighted by atomic mass is 10.1. The van der Waals surface area contributed by atoms with Crippen molar-refractivity contribution in [2.45, 2.75) is 39.3 Å². The van der Waals surface area contributed by atoms with E-state index in [1.54, 1.807) is 0 Å². The van der Waals surface area contributed by atoms with Crippen molar-refractivity contribution in [2.24, 2.45) is 0 Å². The lowest BCUT2D eigenvalue weighted by Crippen LogP contribution is -2.10. The molecule has 0 fully saturated rings. The highest BCUT2D eigenvalue weighted by atomic mass is 127. The molecule has 1 heterocycles. The zero-order chi connectivity index (χ0) is 13.8. The van der Waals surface area contributed by atoms with Gasteiger partial charge in [0, 0.05) is 16.5 Å². The number of aryl methyl sites for hydroxylation is 2. The highest BCUT2D eigenvalue weighted by Crippen LogP contribution is 2.20. The molecule has 3 nitrogen and oxygen atoms in total. The van der Waals surface area contributed by atoms with Crippen LogP contribution in [0.1, 0.15) is 36.9 Å². The van der Waals surface area contributed by atoms with E-state index in [-0.39, 0.29) is 0 Å². The van der Waals surface area contributed by atoms with Gasteiger partial charge < -0.3 is 5.11 Å². The molecule has 0 radical (unpaired) electrons. The van der Waals surface area contributed by atoms with E-state index in [0.717, 1.165) is 29.9 Å². The number of benzene rings is 1. The molecule has 1 N–H and O–H groups in total. The van der Waals surface area contributed by atoms with Gasteiger partial charge in [-0.05, 0) is 59.7 Å². The maximum atomic E-state index is 10.4. The first kappa shape index (κ1) is 14.5. The Hall–Kier alpha value is -0.880. The van der Waals surface area contributed by atoms with E-state index >= 15 is 0 Å². The molecule has 19 heavy (non-hydrogen) atoms. The van der Waals surface area contributed by atoms with Crippen molar-refractivity contribution in [3.63, 3.8) is 0 Å². The lowest BCUT2D eigenvalue weighted by molar-refractivity contribution is 0.167. The Morgan fingerprint density at radius 1 is 1.26 bits per heavy atom. The van der Waals surface area contributed by atoms with Crippen molar-refractivity contribution in [3.05, 3.63) is 50.9 Å². The summed E-state index contributed by atoms with van der Waals surface area (Å²) in [6.45, 7) is 4.92. The smallest absolute Gasteiger partial charge is 0.0996 e.